The van der Waals surface area contributed by atoms with Gasteiger partial charge in [0.15, 0.2) is 0 Å². The molecule has 5 heteroatoms. The summed E-state index contributed by atoms with van der Waals surface area (Å²) in [4.78, 5) is 8.87. The highest BCUT2D eigenvalue weighted by molar-refractivity contribution is 5.63. The van der Waals surface area contributed by atoms with E-state index in [-0.39, 0.29) is 0 Å². The smallest absolute Gasteiger partial charge is 0.136 e. The number of aryl methyl sites for hydroxylation is 1. The van der Waals surface area contributed by atoms with Crippen LogP contribution in [-0.2, 0) is 0 Å². The topological polar surface area (TPSA) is 73.6 Å². The Balaban J connectivity index is 1.77. The number of hydrogen-bond donors (Lipinski definition) is 2. The molecule has 0 aliphatic heterocycles. The minimum Gasteiger partial charge on any atom is -0.340 e. The molecule has 1 aromatic heterocycles. The Bertz CT molecular complexity index is 922. The van der Waals surface area contributed by atoms with Gasteiger partial charge < -0.3 is 10.6 Å². The lowest BCUT2D eigenvalue weighted by molar-refractivity contribution is 0.867. The molecule has 3 rings (SSSR count). The van der Waals surface area contributed by atoms with Crippen molar-refractivity contribution in [3.05, 3.63) is 71.5 Å². The number of anilines is 4. The summed E-state index contributed by atoms with van der Waals surface area (Å²) in [6.07, 6.45) is 0. The Hall–Kier alpha value is -3.39. The lowest BCUT2D eigenvalue weighted by Crippen LogP contribution is -2.01. The molecule has 0 spiro atoms. The van der Waals surface area contributed by atoms with Crippen LogP contribution in [0.4, 0.5) is 23.0 Å². The summed E-state index contributed by atoms with van der Waals surface area (Å²) < 4.78 is 0. The molecule has 0 aliphatic carbocycles. The van der Waals surface area contributed by atoms with E-state index in [9.17, 15) is 0 Å². The van der Waals surface area contributed by atoms with Crippen molar-refractivity contribution in [1.82, 2.24) is 9.97 Å². The van der Waals surface area contributed by atoms with E-state index in [1.807, 2.05) is 25.1 Å². The van der Waals surface area contributed by atoms with Crippen LogP contribution in [0.1, 0.15) is 36.7 Å². The molecule has 0 atom stereocenters. The third kappa shape index (κ3) is 4.37. The lowest BCUT2D eigenvalue weighted by atomic mass is 10.0. The number of aromatic nitrogens is 2. The summed E-state index contributed by atoms with van der Waals surface area (Å²) in [6.45, 7) is 6.21. The van der Waals surface area contributed by atoms with Gasteiger partial charge in [-0.15, -0.1) is 0 Å². The monoisotopic (exact) mass is 343 g/mol. The molecule has 0 fully saturated rings. The SMILES string of the molecule is Cc1nc(Nc2ccc(C#N)cc2)cc(Nc2ccc(C(C)C)cc2)n1. The van der Waals surface area contributed by atoms with Gasteiger partial charge in [0.25, 0.3) is 0 Å². The summed E-state index contributed by atoms with van der Waals surface area (Å²) in [5, 5.41) is 15.4. The van der Waals surface area contributed by atoms with E-state index < -0.39 is 0 Å². The van der Waals surface area contributed by atoms with E-state index >= 15 is 0 Å². The van der Waals surface area contributed by atoms with Crippen molar-refractivity contribution in [3.8, 4) is 6.07 Å². The van der Waals surface area contributed by atoms with Crippen molar-refractivity contribution in [2.24, 2.45) is 0 Å². The molecule has 2 N–H and O–H groups in total. The maximum Gasteiger partial charge on any atom is 0.136 e. The number of hydrogen-bond acceptors (Lipinski definition) is 5. The standard InChI is InChI=1S/C21H21N5/c1-14(2)17-6-10-19(11-7-17)26-21-12-20(23-15(3)24-21)25-18-8-4-16(13-22)5-9-18/h4-12,14H,1-3H3,(H2,23,24,25,26). The van der Waals surface area contributed by atoms with E-state index in [0.717, 1.165) is 17.2 Å². The van der Waals surface area contributed by atoms with Gasteiger partial charge in [0.2, 0.25) is 0 Å². The molecular weight excluding hydrogens is 322 g/mol. The van der Waals surface area contributed by atoms with Gasteiger partial charge in [-0.05, 0) is 54.8 Å². The van der Waals surface area contributed by atoms with E-state index in [2.05, 4.69) is 64.8 Å². The van der Waals surface area contributed by atoms with Gasteiger partial charge in [-0.2, -0.15) is 5.26 Å². The van der Waals surface area contributed by atoms with Crippen molar-refractivity contribution >= 4 is 23.0 Å². The predicted octanol–water partition coefficient (Wildman–Crippen LogP) is 5.27. The zero-order valence-electron chi connectivity index (χ0n) is 15.1. The number of benzene rings is 2. The third-order valence-electron chi connectivity index (χ3n) is 3.97. The Labute approximate surface area is 153 Å². The lowest BCUT2D eigenvalue weighted by Gasteiger charge is -2.11. The van der Waals surface area contributed by atoms with Crippen molar-refractivity contribution < 1.29 is 0 Å². The van der Waals surface area contributed by atoms with Crippen LogP contribution in [-0.4, -0.2) is 9.97 Å². The molecule has 1 heterocycles. The van der Waals surface area contributed by atoms with Crippen molar-refractivity contribution in [3.63, 3.8) is 0 Å². The summed E-state index contributed by atoms with van der Waals surface area (Å²) in [6, 6.07) is 19.6. The molecule has 130 valence electrons. The average Bonchev–Trinajstić information content (AvgIpc) is 2.62. The molecule has 5 nitrogen and oxygen atoms in total. The van der Waals surface area contributed by atoms with Crippen LogP contribution in [0.15, 0.2) is 54.6 Å². The molecule has 2 aromatic carbocycles. The molecule has 26 heavy (non-hydrogen) atoms. The molecular formula is C21H21N5. The summed E-state index contributed by atoms with van der Waals surface area (Å²) >= 11 is 0. The van der Waals surface area contributed by atoms with E-state index in [4.69, 9.17) is 5.26 Å². The highest BCUT2D eigenvalue weighted by Gasteiger charge is 2.05. The van der Waals surface area contributed by atoms with Crippen LogP contribution < -0.4 is 10.6 Å². The predicted molar refractivity (Wildman–Crippen MR) is 105 cm³/mol. The Morgan fingerprint density at radius 2 is 1.35 bits per heavy atom. The fraction of sp³-hybridized carbons (Fsp3) is 0.190. The van der Waals surface area contributed by atoms with Crippen LogP contribution in [0.2, 0.25) is 0 Å². The zero-order chi connectivity index (χ0) is 18.5. The number of nitrogens with zero attached hydrogens (tertiary/aromatic N) is 3. The highest BCUT2D eigenvalue weighted by atomic mass is 15.1. The largest absolute Gasteiger partial charge is 0.340 e. The summed E-state index contributed by atoms with van der Waals surface area (Å²) in [5.74, 6) is 2.60. The van der Waals surface area contributed by atoms with Gasteiger partial charge in [0, 0.05) is 17.4 Å². The van der Waals surface area contributed by atoms with Gasteiger partial charge in [0.1, 0.15) is 17.5 Å². The van der Waals surface area contributed by atoms with Gasteiger partial charge in [-0.25, -0.2) is 9.97 Å². The minimum atomic E-state index is 0.508. The van der Waals surface area contributed by atoms with Crippen LogP contribution in [0, 0.1) is 18.3 Å². The number of rotatable bonds is 5. The first-order valence-electron chi connectivity index (χ1n) is 8.53. The zero-order valence-corrected chi connectivity index (χ0v) is 15.1. The van der Waals surface area contributed by atoms with Crippen LogP contribution in [0.5, 0.6) is 0 Å². The first-order chi connectivity index (χ1) is 12.5. The fourth-order valence-electron chi connectivity index (χ4n) is 2.57. The van der Waals surface area contributed by atoms with Crippen LogP contribution in [0.3, 0.4) is 0 Å². The molecule has 0 bridgehead atoms. The molecule has 3 aromatic rings. The normalized spacial score (nSPS) is 10.4. The number of nitriles is 1. The van der Waals surface area contributed by atoms with Gasteiger partial charge in [-0.3, -0.25) is 0 Å². The molecule has 0 aliphatic rings. The Kier molecular flexibility index (Phi) is 5.14. The molecule has 0 saturated carbocycles. The van der Waals surface area contributed by atoms with Gasteiger partial charge in [0.05, 0.1) is 11.6 Å². The summed E-state index contributed by atoms with van der Waals surface area (Å²) in [7, 11) is 0. The first kappa shape index (κ1) is 17.4. The van der Waals surface area contributed by atoms with E-state index in [1.165, 1.54) is 5.56 Å². The van der Waals surface area contributed by atoms with Gasteiger partial charge in [-0.1, -0.05) is 26.0 Å². The molecule has 0 amide bonds. The van der Waals surface area contributed by atoms with Crippen LogP contribution in [0.25, 0.3) is 0 Å². The molecule has 0 radical (unpaired) electrons. The summed E-state index contributed by atoms with van der Waals surface area (Å²) in [5.41, 5.74) is 3.78. The number of nitrogens with one attached hydrogen (secondary N) is 2. The fourth-order valence-corrected chi connectivity index (χ4v) is 2.57. The second-order valence-corrected chi connectivity index (χ2v) is 6.40. The van der Waals surface area contributed by atoms with E-state index in [0.29, 0.717) is 23.1 Å². The van der Waals surface area contributed by atoms with Gasteiger partial charge >= 0.3 is 0 Å². The van der Waals surface area contributed by atoms with Crippen molar-refractivity contribution in [2.45, 2.75) is 26.7 Å². The third-order valence-corrected chi connectivity index (χ3v) is 3.97. The average molecular weight is 343 g/mol. The quantitative estimate of drug-likeness (QED) is 0.660. The van der Waals surface area contributed by atoms with Crippen LogP contribution >= 0.6 is 0 Å². The minimum absolute atomic E-state index is 0.508. The first-order valence-corrected chi connectivity index (χ1v) is 8.53. The van der Waals surface area contributed by atoms with Crippen molar-refractivity contribution in [2.75, 3.05) is 10.6 Å². The Morgan fingerprint density at radius 3 is 1.81 bits per heavy atom. The second kappa shape index (κ2) is 7.66. The highest BCUT2D eigenvalue weighted by Crippen LogP contribution is 2.22. The van der Waals surface area contributed by atoms with E-state index in [1.54, 1.807) is 12.1 Å². The maximum absolute atomic E-state index is 8.88. The van der Waals surface area contributed by atoms with Crippen molar-refractivity contribution in [1.29, 1.82) is 5.26 Å². The molecule has 0 unspecified atom stereocenters. The molecule has 0 saturated heterocycles. The maximum atomic E-state index is 8.88. The Morgan fingerprint density at radius 1 is 0.846 bits per heavy atom. The second-order valence-electron chi connectivity index (χ2n) is 6.40.